The molecule has 0 aliphatic carbocycles. The molecule has 1 aromatic carbocycles. The lowest BCUT2D eigenvalue weighted by atomic mass is 9.98. The minimum atomic E-state index is -3.44. The van der Waals surface area contributed by atoms with Gasteiger partial charge >= 0.3 is 5.97 Å². The maximum Gasteiger partial charge on any atom is 0.338 e. The van der Waals surface area contributed by atoms with Crippen molar-refractivity contribution in [3.63, 3.8) is 0 Å². The molecule has 0 aromatic heterocycles. The van der Waals surface area contributed by atoms with Gasteiger partial charge in [-0.15, -0.1) is 0 Å². The average molecular weight is 354 g/mol. The molecule has 1 N–H and O–H groups in total. The van der Waals surface area contributed by atoms with Gasteiger partial charge in [0, 0.05) is 13.1 Å². The van der Waals surface area contributed by atoms with Crippen LogP contribution in [0.1, 0.15) is 35.7 Å². The van der Waals surface area contributed by atoms with E-state index in [1.54, 1.807) is 28.6 Å². The van der Waals surface area contributed by atoms with E-state index < -0.39 is 16.0 Å². The lowest BCUT2D eigenvalue weighted by Gasteiger charge is -2.31. The Morgan fingerprint density at radius 2 is 1.96 bits per heavy atom. The smallest absolute Gasteiger partial charge is 0.338 e. The Morgan fingerprint density at radius 3 is 2.58 bits per heavy atom. The predicted molar refractivity (Wildman–Crippen MR) is 93.2 cm³/mol. The summed E-state index contributed by atoms with van der Waals surface area (Å²) in [6.07, 6.45) is 1.73. The number of hydrogen-bond donors (Lipinski definition) is 1. The van der Waals surface area contributed by atoms with Crippen LogP contribution in [0.2, 0.25) is 0 Å². The number of esters is 1. The van der Waals surface area contributed by atoms with E-state index in [1.807, 2.05) is 0 Å². The van der Waals surface area contributed by atoms with Gasteiger partial charge in [0.25, 0.3) is 0 Å². The third-order valence-corrected chi connectivity index (χ3v) is 6.24. The number of rotatable bonds is 7. The number of ether oxygens (including phenoxy) is 1. The number of piperidine rings is 1. The second-order valence-corrected chi connectivity index (χ2v) is 8.02. The molecule has 0 unspecified atom stereocenters. The fourth-order valence-electron chi connectivity index (χ4n) is 2.98. The first-order valence-corrected chi connectivity index (χ1v) is 9.93. The van der Waals surface area contributed by atoms with Gasteiger partial charge in [0.15, 0.2) is 0 Å². The number of methoxy groups -OCH3 is 1. The molecular formula is C17H26N2O4S. The second kappa shape index (κ2) is 8.60. The van der Waals surface area contributed by atoms with Gasteiger partial charge < -0.3 is 10.1 Å². The highest BCUT2D eigenvalue weighted by Gasteiger charge is 2.29. The molecule has 0 saturated carbocycles. The van der Waals surface area contributed by atoms with Gasteiger partial charge in [-0.25, -0.2) is 17.5 Å². The van der Waals surface area contributed by atoms with E-state index in [0.29, 0.717) is 30.1 Å². The monoisotopic (exact) mass is 354 g/mol. The van der Waals surface area contributed by atoms with Crippen LogP contribution in [0, 0.1) is 5.92 Å². The molecule has 2 rings (SSSR count). The molecule has 1 heterocycles. The zero-order valence-corrected chi connectivity index (χ0v) is 15.1. The molecule has 134 valence electrons. The second-order valence-electron chi connectivity index (χ2n) is 6.06. The zero-order chi connectivity index (χ0) is 17.6. The highest BCUT2D eigenvalue weighted by atomic mass is 32.2. The summed E-state index contributed by atoms with van der Waals surface area (Å²) in [7, 11) is -2.15. The van der Waals surface area contributed by atoms with Crippen LogP contribution in [-0.2, 0) is 20.5 Å². The first kappa shape index (κ1) is 18.9. The van der Waals surface area contributed by atoms with Gasteiger partial charge in [0.1, 0.15) is 0 Å². The molecular weight excluding hydrogens is 328 g/mol. The van der Waals surface area contributed by atoms with Crippen molar-refractivity contribution in [1.82, 2.24) is 9.62 Å². The average Bonchev–Trinajstić information content (AvgIpc) is 2.60. The van der Waals surface area contributed by atoms with E-state index in [0.717, 1.165) is 25.9 Å². The summed E-state index contributed by atoms with van der Waals surface area (Å²) in [6.45, 7) is 5.02. The van der Waals surface area contributed by atoms with Crippen molar-refractivity contribution < 1.29 is 17.9 Å². The first-order valence-electron chi connectivity index (χ1n) is 8.32. The van der Waals surface area contributed by atoms with Crippen molar-refractivity contribution in [2.24, 2.45) is 5.92 Å². The van der Waals surface area contributed by atoms with E-state index in [4.69, 9.17) is 4.74 Å². The maximum absolute atomic E-state index is 12.7. The van der Waals surface area contributed by atoms with E-state index in [1.165, 1.54) is 7.11 Å². The summed E-state index contributed by atoms with van der Waals surface area (Å²) in [4.78, 5) is 11.8. The molecule has 0 radical (unpaired) electrons. The summed E-state index contributed by atoms with van der Waals surface area (Å²) < 4.78 is 31.7. The number of hydrogen-bond acceptors (Lipinski definition) is 5. The molecule has 0 bridgehead atoms. The molecule has 6 nitrogen and oxygen atoms in total. The van der Waals surface area contributed by atoms with Crippen molar-refractivity contribution in [2.45, 2.75) is 25.5 Å². The SMILES string of the molecule is CCNCC1CCN(S(=O)(=O)Cc2ccccc2C(=O)OC)CC1. The molecule has 1 fully saturated rings. The topological polar surface area (TPSA) is 75.7 Å². The number of nitrogens with zero attached hydrogens (tertiary/aromatic N) is 1. The number of carbonyl (C=O) groups excluding carboxylic acids is 1. The predicted octanol–water partition coefficient (Wildman–Crippen LogP) is 1.62. The minimum absolute atomic E-state index is 0.170. The number of carbonyl (C=O) groups is 1. The Hall–Kier alpha value is -1.44. The minimum Gasteiger partial charge on any atom is -0.465 e. The van der Waals surface area contributed by atoms with E-state index in [2.05, 4.69) is 12.2 Å². The summed E-state index contributed by atoms with van der Waals surface area (Å²) in [5.74, 6) is -0.153. The summed E-state index contributed by atoms with van der Waals surface area (Å²) in [5.41, 5.74) is 0.796. The Bertz CT molecular complexity index is 652. The van der Waals surface area contributed by atoms with Gasteiger partial charge in [0.05, 0.1) is 18.4 Å². The van der Waals surface area contributed by atoms with Crippen LogP contribution >= 0.6 is 0 Å². The molecule has 1 saturated heterocycles. The van der Waals surface area contributed by atoms with E-state index >= 15 is 0 Å². The molecule has 0 atom stereocenters. The molecule has 0 amide bonds. The Kier molecular flexibility index (Phi) is 6.77. The van der Waals surface area contributed by atoms with Crippen LogP contribution in [0.15, 0.2) is 24.3 Å². The van der Waals surface area contributed by atoms with Crippen LogP contribution in [0.5, 0.6) is 0 Å². The first-order chi connectivity index (χ1) is 11.5. The van der Waals surface area contributed by atoms with Gasteiger partial charge in [-0.2, -0.15) is 0 Å². The van der Waals surface area contributed by atoms with Crippen LogP contribution in [0.25, 0.3) is 0 Å². The third kappa shape index (κ3) is 4.78. The van der Waals surface area contributed by atoms with Crippen molar-refractivity contribution in [2.75, 3.05) is 33.3 Å². The fraction of sp³-hybridized carbons (Fsp3) is 0.588. The number of nitrogens with one attached hydrogen (secondary N) is 1. The highest BCUT2D eigenvalue weighted by Crippen LogP contribution is 2.22. The molecule has 0 spiro atoms. The van der Waals surface area contributed by atoms with Gasteiger partial charge in [-0.05, 0) is 43.5 Å². The van der Waals surface area contributed by atoms with Crippen molar-refractivity contribution in [3.05, 3.63) is 35.4 Å². The van der Waals surface area contributed by atoms with Crippen LogP contribution in [-0.4, -0.2) is 52.0 Å². The number of benzene rings is 1. The zero-order valence-electron chi connectivity index (χ0n) is 14.3. The van der Waals surface area contributed by atoms with Gasteiger partial charge in [-0.3, -0.25) is 0 Å². The molecule has 1 aliphatic rings. The number of sulfonamides is 1. The van der Waals surface area contributed by atoms with Crippen molar-refractivity contribution in [1.29, 1.82) is 0 Å². The van der Waals surface area contributed by atoms with Gasteiger partial charge in [-0.1, -0.05) is 25.1 Å². The summed E-state index contributed by atoms with van der Waals surface area (Å²) in [6, 6.07) is 6.70. The highest BCUT2D eigenvalue weighted by molar-refractivity contribution is 7.88. The molecule has 1 aromatic rings. The summed E-state index contributed by atoms with van der Waals surface area (Å²) in [5, 5.41) is 3.32. The van der Waals surface area contributed by atoms with Gasteiger partial charge in [0.2, 0.25) is 10.0 Å². The molecule has 1 aliphatic heterocycles. The summed E-state index contributed by atoms with van der Waals surface area (Å²) >= 11 is 0. The van der Waals surface area contributed by atoms with E-state index in [9.17, 15) is 13.2 Å². The maximum atomic E-state index is 12.7. The largest absolute Gasteiger partial charge is 0.465 e. The standard InChI is InChI=1S/C17H26N2O4S/c1-3-18-12-14-8-10-19(11-9-14)24(21,22)13-15-6-4-5-7-16(15)17(20)23-2/h4-7,14,18H,3,8-13H2,1-2H3. The lowest BCUT2D eigenvalue weighted by molar-refractivity contribution is 0.0600. The van der Waals surface area contributed by atoms with Crippen molar-refractivity contribution >= 4 is 16.0 Å². The molecule has 24 heavy (non-hydrogen) atoms. The fourth-order valence-corrected chi connectivity index (χ4v) is 4.58. The normalized spacial score (nSPS) is 16.9. The Labute approximate surface area is 144 Å². The third-order valence-electron chi connectivity index (χ3n) is 4.41. The van der Waals surface area contributed by atoms with E-state index in [-0.39, 0.29) is 5.75 Å². The Morgan fingerprint density at radius 1 is 1.29 bits per heavy atom. The lowest BCUT2D eigenvalue weighted by Crippen LogP contribution is -2.41. The molecule has 7 heteroatoms. The van der Waals surface area contributed by atoms with Crippen LogP contribution in [0.3, 0.4) is 0 Å². The van der Waals surface area contributed by atoms with Crippen LogP contribution < -0.4 is 5.32 Å². The van der Waals surface area contributed by atoms with Crippen LogP contribution in [0.4, 0.5) is 0 Å². The Balaban J connectivity index is 2.04. The quantitative estimate of drug-likeness (QED) is 0.753. The van der Waals surface area contributed by atoms with Crippen molar-refractivity contribution in [3.8, 4) is 0 Å².